The van der Waals surface area contributed by atoms with Crippen molar-refractivity contribution in [2.45, 2.75) is 19.4 Å². The number of hydrogen-bond acceptors (Lipinski definition) is 1. The molecule has 0 spiro atoms. The molecule has 1 rings (SSSR count). The standard InChI is InChI=1S/C13H14O/c1-3-13(14)11(2)9-10-12-7-5-4-6-8-12/h1,4-9,13-14H,10H2,2H3/b11-9+. The predicted molar refractivity (Wildman–Crippen MR) is 58.7 cm³/mol. The molecular weight excluding hydrogens is 172 g/mol. The van der Waals surface area contributed by atoms with Gasteiger partial charge in [-0.2, -0.15) is 0 Å². The zero-order valence-corrected chi connectivity index (χ0v) is 8.27. The first-order valence-electron chi connectivity index (χ1n) is 4.59. The molecule has 0 saturated carbocycles. The van der Waals surface area contributed by atoms with Gasteiger partial charge in [0.15, 0.2) is 0 Å². The van der Waals surface area contributed by atoms with Gasteiger partial charge in [-0.1, -0.05) is 42.3 Å². The second-order valence-corrected chi connectivity index (χ2v) is 3.21. The first-order chi connectivity index (χ1) is 6.74. The van der Waals surface area contributed by atoms with Crippen molar-refractivity contribution >= 4 is 0 Å². The van der Waals surface area contributed by atoms with Crippen molar-refractivity contribution in [3.8, 4) is 12.3 Å². The van der Waals surface area contributed by atoms with E-state index in [1.807, 2.05) is 43.3 Å². The van der Waals surface area contributed by atoms with Crippen molar-refractivity contribution in [3.05, 3.63) is 47.5 Å². The molecule has 0 saturated heterocycles. The molecule has 1 heteroatoms. The normalized spacial score (nSPS) is 13.4. The molecule has 1 nitrogen and oxygen atoms in total. The van der Waals surface area contributed by atoms with Crippen LogP contribution in [0.5, 0.6) is 0 Å². The Kier molecular flexibility index (Phi) is 3.97. The highest BCUT2D eigenvalue weighted by atomic mass is 16.3. The average Bonchev–Trinajstić information content (AvgIpc) is 2.26. The minimum atomic E-state index is -0.751. The van der Waals surface area contributed by atoms with E-state index in [-0.39, 0.29) is 0 Å². The minimum absolute atomic E-state index is 0.751. The van der Waals surface area contributed by atoms with Crippen LogP contribution in [0.3, 0.4) is 0 Å². The molecule has 0 aliphatic rings. The molecule has 0 aromatic heterocycles. The van der Waals surface area contributed by atoms with E-state index < -0.39 is 6.10 Å². The third kappa shape index (κ3) is 3.08. The van der Waals surface area contributed by atoms with Gasteiger partial charge in [0.25, 0.3) is 0 Å². The first kappa shape index (κ1) is 10.6. The van der Waals surface area contributed by atoms with Crippen LogP contribution in [0.15, 0.2) is 42.0 Å². The molecule has 1 aromatic carbocycles. The van der Waals surface area contributed by atoms with E-state index in [2.05, 4.69) is 5.92 Å². The Morgan fingerprint density at radius 2 is 2.14 bits per heavy atom. The Balaban J connectivity index is 2.60. The summed E-state index contributed by atoms with van der Waals surface area (Å²) in [5, 5.41) is 9.30. The number of allylic oxidation sites excluding steroid dienone is 1. The molecule has 0 radical (unpaired) electrons. The molecular formula is C13H14O. The lowest BCUT2D eigenvalue weighted by Gasteiger charge is -2.03. The van der Waals surface area contributed by atoms with Gasteiger partial charge in [0.1, 0.15) is 6.10 Å². The van der Waals surface area contributed by atoms with Crippen LogP contribution < -0.4 is 0 Å². The summed E-state index contributed by atoms with van der Waals surface area (Å²) in [6, 6.07) is 10.1. The lowest BCUT2D eigenvalue weighted by molar-refractivity contribution is 0.268. The highest BCUT2D eigenvalue weighted by Gasteiger charge is 1.99. The van der Waals surface area contributed by atoms with Crippen LogP contribution in [0, 0.1) is 12.3 Å². The van der Waals surface area contributed by atoms with Crippen LogP contribution in [0.1, 0.15) is 12.5 Å². The summed E-state index contributed by atoms with van der Waals surface area (Å²) in [7, 11) is 0. The Morgan fingerprint density at radius 3 is 2.71 bits per heavy atom. The summed E-state index contributed by atoms with van der Waals surface area (Å²) < 4.78 is 0. The van der Waals surface area contributed by atoms with Crippen LogP contribution >= 0.6 is 0 Å². The summed E-state index contributed by atoms with van der Waals surface area (Å²) >= 11 is 0. The number of benzene rings is 1. The van der Waals surface area contributed by atoms with Gasteiger partial charge in [-0.05, 0) is 24.5 Å². The van der Waals surface area contributed by atoms with Crippen molar-refractivity contribution in [2.75, 3.05) is 0 Å². The summed E-state index contributed by atoms with van der Waals surface area (Å²) in [6.45, 7) is 1.84. The van der Waals surface area contributed by atoms with Crippen molar-refractivity contribution in [2.24, 2.45) is 0 Å². The SMILES string of the molecule is C#CC(O)/C(C)=C/Cc1ccccc1. The average molecular weight is 186 g/mol. The Morgan fingerprint density at radius 1 is 1.50 bits per heavy atom. The number of terminal acetylenes is 1. The molecule has 1 unspecified atom stereocenters. The smallest absolute Gasteiger partial charge is 0.135 e. The van der Waals surface area contributed by atoms with Gasteiger partial charge in [-0.25, -0.2) is 0 Å². The third-order valence-electron chi connectivity index (χ3n) is 2.09. The lowest BCUT2D eigenvalue weighted by Crippen LogP contribution is -2.04. The predicted octanol–water partition coefficient (Wildman–Crippen LogP) is 2.17. The van der Waals surface area contributed by atoms with Crippen LogP contribution in [0.2, 0.25) is 0 Å². The van der Waals surface area contributed by atoms with E-state index in [1.54, 1.807) is 0 Å². The van der Waals surface area contributed by atoms with Gasteiger partial charge in [0.2, 0.25) is 0 Å². The number of aliphatic hydroxyl groups is 1. The summed E-state index contributed by atoms with van der Waals surface area (Å²) in [4.78, 5) is 0. The number of aliphatic hydroxyl groups excluding tert-OH is 1. The van der Waals surface area contributed by atoms with Crippen molar-refractivity contribution in [3.63, 3.8) is 0 Å². The molecule has 1 aromatic rings. The maximum absolute atomic E-state index is 9.30. The summed E-state index contributed by atoms with van der Waals surface area (Å²) in [6.07, 6.45) is 7.12. The van der Waals surface area contributed by atoms with Crippen molar-refractivity contribution in [1.82, 2.24) is 0 Å². The maximum Gasteiger partial charge on any atom is 0.135 e. The topological polar surface area (TPSA) is 20.2 Å². The Bertz CT molecular complexity index is 343. The molecule has 14 heavy (non-hydrogen) atoms. The van der Waals surface area contributed by atoms with Gasteiger partial charge in [0.05, 0.1) is 0 Å². The quantitative estimate of drug-likeness (QED) is 0.566. The van der Waals surface area contributed by atoms with Gasteiger partial charge < -0.3 is 5.11 Å². The van der Waals surface area contributed by atoms with Crippen molar-refractivity contribution < 1.29 is 5.11 Å². The minimum Gasteiger partial charge on any atom is -0.376 e. The highest BCUT2D eigenvalue weighted by Crippen LogP contribution is 2.05. The molecule has 0 amide bonds. The fourth-order valence-corrected chi connectivity index (χ4v) is 1.14. The van der Waals surface area contributed by atoms with Crippen molar-refractivity contribution in [1.29, 1.82) is 0 Å². The third-order valence-corrected chi connectivity index (χ3v) is 2.09. The van der Waals surface area contributed by atoms with E-state index in [0.29, 0.717) is 0 Å². The molecule has 0 bridgehead atoms. The molecule has 0 heterocycles. The van der Waals surface area contributed by atoms with Crippen LogP contribution in [0.25, 0.3) is 0 Å². The van der Waals surface area contributed by atoms with Crippen LogP contribution in [-0.4, -0.2) is 11.2 Å². The Labute approximate surface area is 85.1 Å². The zero-order valence-electron chi connectivity index (χ0n) is 8.27. The fraction of sp³-hybridized carbons (Fsp3) is 0.231. The van der Waals surface area contributed by atoms with E-state index in [4.69, 9.17) is 6.42 Å². The van der Waals surface area contributed by atoms with Gasteiger partial charge in [0, 0.05) is 0 Å². The Hall–Kier alpha value is -1.52. The fourth-order valence-electron chi connectivity index (χ4n) is 1.14. The highest BCUT2D eigenvalue weighted by molar-refractivity contribution is 5.22. The van der Waals surface area contributed by atoms with Crippen LogP contribution in [0.4, 0.5) is 0 Å². The van der Waals surface area contributed by atoms with E-state index >= 15 is 0 Å². The number of hydrogen-bond donors (Lipinski definition) is 1. The molecule has 1 N–H and O–H groups in total. The van der Waals surface area contributed by atoms with E-state index in [9.17, 15) is 5.11 Å². The largest absolute Gasteiger partial charge is 0.376 e. The molecule has 0 aliphatic carbocycles. The van der Waals surface area contributed by atoms with Gasteiger partial charge in [-0.15, -0.1) is 6.42 Å². The second-order valence-electron chi connectivity index (χ2n) is 3.21. The van der Waals surface area contributed by atoms with Crippen LogP contribution in [-0.2, 0) is 6.42 Å². The maximum atomic E-state index is 9.30. The monoisotopic (exact) mass is 186 g/mol. The zero-order chi connectivity index (χ0) is 10.4. The molecule has 72 valence electrons. The van der Waals surface area contributed by atoms with E-state index in [0.717, 1.165) is 12.0 Å². The van der Waals surface area contributed by atoms with Gasteiger partial charge >= 0.3 is 0 Å². The second kappa shape index (κ2) is 5.26. The molecule has 0 aliphatic heterocycles. The van der Waals surface area contributed by atoms with E-state index in [1.165, 1.54) is 5.56 Å². The first-order valence-corrected chi connectivity index (χ1v) is 4.59. The summed E-state index contributed by atoms with van der Waals surface area (Å²) in [5.41, 5.74) is 2.05. The molecule has 0 fully saturated rings. The van der Waals surface area contributed by atoms with Gasteiger partial charge in [-0.3, -0.25) is 0 Å². The number of rotatable bonds is 3. The lowest BCUT2D eigenvalue weighted by atomic mass is 10.1. The summed E-state index contributed by atoms with van der Waals surface area (Å²) in [5.74, 6) is 2.29. The molecule has 1 atom stereocenters.